The van der Waals surface area contributed by atoms with Gasteiger partial charge in [-0.05, 0) is 109 Å². The van der Waals surface area contributed by atoms with Crippen molar-refractivity contribution in [1.29, 1.82) is 0 Å². The summed E-state index contributed by atoms with van der Waals surface area (Å²) in [6.45, 7) is 30.7. The summed E-state index contributed by atoms with van der Waals surface area (Å²) in [5.41, 5.74) is -1.13. The first kappa shape index (κ1) is 81.8. The molecule has 0 spiro atoms. The number of ether oxygens (including phenoxy) is 2. The molecule has 1 rings (SSSR count). The lowest BCUT2D eigenvalue weighted by Crippen LogP contribution is -2.64. The van der Waals surface area contributed by atoms with Gasteiger partial charge in [0.15, 0.2) is 0 Å². The summed E-state index contributed by atoms with van der Waals surface area (Å²) in [4.78, 5) is 171. The van der Waals surface area contributed by atoms with Crippen LogP contribution >= 0.6 is 0 Å². The van der Waals surface area contributed by atoms with Gasteiger partial charge in [-0.15, -0.1) is 0 Å². The van der Waals surface area contributed by atoms with Crippen LogP contribution < -0.4 is 21.3 Å². The zero-order valence-electron chi connectivity index (χ0n) is 59.4. The van der Waals surface area contributed by atoms with Gasteiger partial charge >= 0.3 is 0 Å². The Kier molecular flexibility index (Phi) is 33.4. The van der Waals surface area contributed by atoms with Gasteiger partial charge in [0, 0.05) is 62.9 Å². The number of nitrogens with zero attached hydrogens (tertiary/aromatic N) is 7. The normalized spacial score (nSPS) is 27.0. The summed E-state index contributed by atoms with van der Waals surface area (Å²) < 4.78 is 11.1. The topological polar surface area (TPSA) is 297 Å². The molecular formula is C65H117N11O14. The van der Waals surface area contributed by atoms with E-state index in [0.717, 1.165) is 14.7 Å². The maximum atomic E-state index is 15.2. The van der Waals surface area contributed by atoms with Crippen LogP contribution in [0.5, 0.6) is 0 Å². The maximum Gasteiger partial charge on any atom is 0.246 e. The number of carbonyl (C=O) groups is 11. The van der Waals surface area contributed by atoms with Gasteiger partial charge in [-0.25, -0.2) is 0 Å². The zero-order valence-corrected chi connectivity index (χ0v) is 59.4. The first-order valence-electron chi connectivity index (χ1n) is 32.0. The average Bonchev–Trinajstić information content (AvgIpc) is 1.65. The van der Waals surface area contributed by atoms with Gasteiger partial charge in [-0.1, -0.05) is 95.2 Å². The number of likely N-dealkylation sites (N-methyl/N-ethyl adjacent to an activating group) is 7. The molecule has 25 nitrogen and oxygen atoms in total. The molecule has 0 bridgehead atoms. The molecule has 0 aromatic rings. The van der Waals surface area contributed by atoms with E-state index < -0.39 is 161 Å². The van der Waals surface area contributed by atoms with Gasteiger partial charge in [-0.2, -0.15) is 0 Å². The van der Waals surface area contributed by atoms with Crippen molar-refractivity contribution in [1.82, 2.24) is 55.6 Å². The molecule has 1 aliphatic rings. The van der Waals surface area contributed by atoms with Gasteiger partial charge in [0.05, 0.1) is 11.7 Å². The minimum Gasteiger partial charge on any atom is -0.390 e. The third-order valence-electron chi connectivity index (χ3n) is 17.1. The number of carbonyl (C=O) groups excluding carboxylic acids is 11. The summed E-state index contributed by atoms with van der Waals surface area (Å²) in [7, 11) is 11.2. The standard InChI is InChI=1S/C65H117N11O14/c1-27-29-30-41(13)53(77)52-57(81)68-45(28-2)60(84)70(19)44(16)59(83)74(23)49(34-65(17,18)90-35-89-26)56(80)69-50(39(9)10)63(87)71(20)46(31-36(3)4)55(79)66-42(14)54(78)67-43(15)58(82)72(21)47(32-37(5)6)61(85)73(22)48(33-38(7)8)62(86)75(24)51(40(11)12)64(88)76(52)25/h27,29,36-53,77H,28,30-35H2,1-26H3,(H,66,79)(H,67,78)(H,68,81)(H,69,80)/b29-27+/t41-,42+,43-,44-,45+,46+,47+,48+,49+,50+,51+,52+,53-/m1/s1. The second-order valence-electron chi connectivity index (χ2n) is 27.4. The molecule has 1 saturated heterocycles. The van der Waals surface area contributed by atoms with Crippen LogP contribution in [0.4, 0.5) is 0 Å². The summed E-state index contributed by atoms with van der Waals surface area (Å²) in [6, 6.07) is -14.2. The van der Waals surface area contributed by atoms with Crippen molar-refractivity contribution in [3.8, 4) is 0 Å². The first-order chi connectivity index (χ1) is 41.5. The molecule has 1 aliphatic heterocycles. The smallest absolute Gasteiger partial charge is 0.246 e. The minimum atomic E-state index is -1.64. The molecule has 25 heteroatoms. The molecule has 90 heavy (non-hydrogen) atoms. The number of aliphatic hydroxyl groups is 1. The Morgan fingerprint density at radius 2 is 0.944 bits per heavy atom. The molecule has 13 atom stereocenters. The molecule has 0 radical (unpaired) electrons. The van der Waals surface area contributed by atoms with E-state index in [1.54, 1.807) is 74.5 Å². The number of rotatable bonds is 18. The van der Waals surface area contributed by atoms with E-state index in [9.17, 15) is 43.5 Å². The van der Waals surface area contributed by atoms with Crippen LogP contribution in [-0.2, 0) is 62.2 Å². The van der Waals surface area contributed by atoms with Crippen LogP contribution in [0.15, 0.2) is 12.2 Å². The largest absolute Gasteiger partial charge is 0.390 e. The third kappa shape index (κ3) is 22.6. The fraction of sp³-hybridized carbons (Fsp3) is 0.800. The lowest BCUT2D eigenvalue weighted by Gasteiger charge is -2.41. The predicted molar refractivity (Wildman–Crippen MR) is 345 cm³/mol. The molecule has 0 saturated carbocycles. The highest BCUT2D eigenvalue weighted by Gasteiger charge is 2.46. The van der Waals surface area contributed by atoms with E-state index in [-0.39, 0.29) is 56.7 Å². The fourth-order valence-corrected chi connectivity index (χ4v) is 11.2. The highest BCUT2D eigenvalue weighted by Crippen LogP contribution is 2.27. The van der Waals surface area contributed by atoms with Crippen LogP contribution in [-0.4, -0.2) is 246 Å². The van der Waals surface area contributed by atoms with E-state index in [2.05, 4.69) is 21.3 Å². The van der Waals surface area contributed by atoms with Crippen molar-refractivity contribution in [2.24, 2.45) is 35.5 Å². The van der Waals surface area contributed by atoms with Crippen LogP contribution in [0.2, 0.25) is 0 Å². The average molecular weight is 1280 g/mol. The molecule has 0 aromatic heterocycles. The van der Waals surface area contributed by atoms with Gasteiger partial charge in [0.2, 0.25) is 65.0 Å². The number of hydrogen-bond acceptors (Lipinski definition) is 14. The molecule has 0 aliphatic carbocycles. The first-order valence-corrected chi connectivity index (χ1v) is 32.0. The van der Waals surface area contributed by atoms with Crippen molar-refractivity contribution in [3.05, 3.63) is 12.2 Å². The quantitative estimate of drug-likeness (QED) is 0.0972. The van der Waals surface area contributed by atoms with Crippen LogP contribution in [0.3, 0.4) is 0 Å². The monoisotopic (exact) mass is 1280 g/mol. The Morgan fingerprint density at radius 1 is 0.500 bits per heavy atom. The predicted octanol–water partition coefficient (Wildman–Crippen LogP) is 3.40. The highest BCUT2D eigenvalue weighted by atomic mass is 16.7. The van der Waals surface area contributed by atoms with Crippen molar-refractivity contribution >= 4 is 65.0 Å². The van der Waals surface area contributed by atoms with E-state index in [1.165, 1.54) is 96.8 Å². The van der Waals surface area contributed by atoms with E-state index in [1.807, 2.05) is 41.5 Å². The van der Waals surface area contributed by atoms with E-state index >= 15 is 14.4 Å². The van der Waals surface area contributed by atoms with Crippen molar-refractivity contribution in [2.75, 3.05) is 63.2 Å². The van der Waals surface area contributed by atoms with Crippen LogP contribution in [0.1, 0.15) is 163 Å². The summed E-state index contributed by atoms with van der Waals surface area (Å²) in [6.07, 6.45) is 2.59. The summed E-state index contributed by atoms with van der Waals surface area (Å²) in [5, 5.41) is 23.2. The molecule has 1 fully saturated rings. The number of hydrogen-bond donors (Lipinski definition) is 5. The van der Waals surface area contributed by atoms with Gasteiger partial charge in [-0.3, -0.25) is 52.7 Å². The second kappa shape index (κ2) is 36.7. The van der Waals surface area contributed by atoms with E-state index in [4.69, 9.17) is 9.47 Å². The molecule has 516 valence electrons. The van der Waals surface area contributed by atoms with Crippen LogP contribution in [0, 0.1) is 35.5 Å². The number of methoxy groups -OCH3 is 1. The maximum absolute atomic E-state index is 15.2. The number of allylic oxidation sites excluding steroid dienone is 2. The molecule has 1 heterocycles. The van der Waals surface area contributed by atoms with Crippen molar-refractivity contribution in [2.45, 2.75) is 241 Å². The Bertz CT molecular complexity index is 2470. The third-order valence-corrected chi connectivity index (χ3v) is 17.1. The molecular weight excluding hydrogens is 1160 g/mol. The minimum absolute atomic E-state index is 0.0144. The van der Waals surface area contributed by atoms with Crippen LogP contribution in [0.25, 0.3) is 0 Å². The molecule has 0 unspecified atom stereocenters. The number of amides is 11. The molecule has 5 N–H and O–H groups in total. The Hall–Kier alpha value is -6.21. The van der Waals surface area contributed by atoms with E-state index in [0.29, 0.717) is 6.42 Å². The molecule has 11 amide bonds. The Balaban J connectivity index is 4.46. The summed E-state index contributed by atoms with van der Waals surface area (Å²) >= 11 is 0. The number of nitrogens with one attached hydrogen (secondary N) is 4. The van der Waals surface area contributed by atoms with Crippen molar-refractivity contribution in [3.63, 3.8) is 0 Å². The van der Waals surface area contributed by atoms with Crippen molar-refractivity contribution < 1.29 is 67.3 Å². The second-order valence-corrected chi connectivity index (χ2v) is 27.4. The molecule has 0 aromatic carbocycles. The fourth-order valence-electron chi connectivity index (χ4n) is 11.2. The zero-order chi connectivity index (χ0) is 69.9. The Morgan fingerprint density at radius 3 is 1.41 bits per heavy atom. The van der Waals surface area contributed by atoms with Gasteiger partial charge < -0.3 is 70.1 Å². The lowest BCUT2D eigenvalue weighted by atomic mass is 9.91. The summed E-state index contributed by atoms with van der Waals surface area (Å²) in [5.74, 6) is -10.1. The SMILES string of the molecule is C/C=C/C[C@@H](C)[C@@H](O)[C@H]1C(=O)N[C@@H](CC)C(=O)N(C)[C@H](C)C(=O)N(C)[C@@H](CC(C)(C)OCOC)C(=O)N[C@@H](C(C)C)C(=O)N(C)[C@@H](CC(C)C)C(=O)N[C@@H](C)C(=O)N[C@H](C)C(=O)N(C)[C@@H](CC(C)C)C(=O)N(C)[C@@H](CC(C)C)C(=O)N(C)[C@@H](C(C)C)C(=O)N1C. The Labute approximate surface area is 538 Å². The number of aliphatic hydroxyl groups excluding tert-OH is 1. The van der Waals surface area contributed by atoms with Gasteiger partial charge in [0.1, 0.15) is 73.3 Å². The highest BCUT2D eigenvalue weighted by molar-refractivity contribution is 6.00. The lowest BCUT2D eigenvalue weighted by molar-refractivity contribution is -0.157. The van der Waals surface area contributed by atoms with Gasteiger partial charge in [0.25, 0.3) is 0 Å².